The van der Waals surface area contributed by atoms with Crippen LogP contribution in [0.25, 0.3) is 0 Å². The molecule has 0 radical (unpaired) electrons. The number of urea groups is 1. The van der Waals surface area contributed by atoms with Crippen molar-refractivity contribution in [2.24, 2.45) is 11.8 Å². The van der Waals surface area contributed by atoms with Crippen molar-refractivity contribution in [2.45, 2.75) is 70.9 Å². The summed E-state index contributed by atoms with van der Waals surface area (Å²) in [4.78, 5) is 11.8. The molecule has 2 saturated carbocycles. The summed E-state index contributed by atoms with van der Waals surface area (Å²) < 4.78 is 0. The molecule has 0 bridgehead atoms. The van der Waals surface area contributed by atoms with Gasteiger partial charge in [0, 0.05) is 12.1 Å². The molecule has 17 heavy (non-hydrogen) atoms. The van der Waals surface area contributed by atoms with Crippen LogP contribution in [0.2, 0.25) is 0 Å². The van der Waals surface area contributed by atoms with E-state index in [4.69, 9.17) is 0 Å². The Hall–Kier alpha value is -0.730. The highest BCUT2D eigenvalue weighted by Crippen LogP contribution is 2.29. The van der Waals surface area contributed by atoms with Crippen molar-refractivity contribution in [1.82, 2.24) is 10.6 Å². The van der Waals surface area contributed by atoms with Gasteiger partial charge in [-0.15, -0.1) is 0 Å². The van der Waals surface area contributed by atoms with E-state index in [0.29, 0.717) is 12.1 Å². The van der Waals surface area contributed by atoms with Gasteiger partial charge in [-0.1, -0.05) is 26.7 Å². The number of rotatable bonds is 2. The Balaban J connectivity index is 1.71. The Morgan fingerprint density at radius 2 is 1.53 bits per heavy atom. The van der Waals surface area contributed by atoms with Gasteiger partial charge in [-0.3, -0.25) is 0 Å². The summed E-state index contributed by atoms with van der Waals surface area (Å²) in [5.41, 5.74) is 0. The van der Waals surface area contributed by atoms with Gasteiger partial charge < -0.3 is 10.6 Å². The predicted octanol–water partition coefficient (Wildman–Crippen LogP) is 3.05. The van der Waals surface area contributed by atoms with E-state index in [1.807, 2.05) is 0 Å². The zero-order chi connectivity index (χ0) is 12.3. The molecule has 2 N–H and O–H groups in total. The predicted molar refractivity (Wildman–Crippen MR) is 69.9 cm³/mol. The summed E-state index contributed by atoms with van der Waals surface area (Å²) in [6.07, 6.45) is 8.38. The average Bonchev–Trinajstić information content (AvgIpc) is 2.76. The van der Waals surface area contributed by atoms with Crippen LogP contribution >= 0.6 is 0 Å². The maximum absolute atomic E-state index is 11.8. The second kappa shape index (κ2) is 5.74. The minimum Gasteiger partial charge on any atom is -0.335 e. The molecule has 3 heteroatoms. The van der Waals surface area contributed by atoms with Gasteiger partial charge in [0.2, 0.25) is 0 Å². The lowest BCUT2D eigenvalue weighted by Crippen LogP contribution is -2.47. The van der Waals surface area contributed by atoms with Crippen LogP contribution in [0.5, 0.6) is 0 Å². The number of carbonyl (C=O) groups excluding carboxylic acids is 1. The quantitative estimate of drug-likeness (QED) is 0.762. The van der Waals surface area contributed by atoms with Crippen molar-refractivity contribution in [3.05, 3.63) is 0 Å². The molecule has 2 aliphatic rings. The van der Waals surface area contributed by atoms with E-state index in [-0.39, 0.29) is 6.03 Å². The molecule has 0 spiro atoms. The molecule has 0 heterocycles. The first-order valence-electron chi connectivity index (χ1n) is 7.22. The molecular formula is C14H26N2O. The SMILES string of the molecule is CC1CCC(NC(=O)NC2CCCC2)CC1C. The van der Waals surface area contributed by atoms with Crippen LogP contribution in [0, 0.1) is 11.8 Å². The van der Waals surface area contributed by atoms with Crippen LogP contribution in [0.3, 0.4) is 0 Å². The Kier molecular flexibility index (Phi) is 4.30. The van der Waals surface area contributed by atoms with Gasteiger partial charge in [-0.25, -0.2) is 4.79 Å². The standard InChI is InChI=1S/C14H26N2O/c1-10-7-8-13(9-11(10)2)16-14(17)15-12-5-3-4-6-12/h10-13H,3-9H2,1-2H3,(H2,15,16,17). The summed E-state index contributed by atoms with van der Waals surface area (Å²) in [6, 6.07) is 0.876. The fourth-order valence-corrected chi connectivity index (χ4v) is 3.16. The van der Waals surface area contributed by atoms with Crippen LogP contribution in [0.4, 0.5) is 4.79 Å². The maximum atomic E-state index is 11.8. The van der Waals surface area contributed by atoms with E-state index < -0.39 is 0 Å². The fourth-order valence-electron chi connectivity index (χ4n) is 3.16. The fraction of sp³-hybridized carbons (Fsp3) is 0.929. The van der Waals surface area contributed by atoms with Crippen LogP contribution in [0.15, 0.2) is 0 Å². The Morgan fingerprint density at radius 3 is 2.18 bits per heavy atom. The third-order valence-corrected chi connectivity index (χ3v) is 4.62. The second-order valence-electron chi connectivity index (χ2n) is 6.06. The van der Waals surface area contributed by atoms with Gasteiger partial charge in [-0.05, 0) is 43.9 Å². The van der Waals surface area contributed by atoms with Crippen LogP contribution in [-0.2, 0) is 0 Å². The van der Waals surface area contributed by atoms with Gasteiger partial charge in [-0.2, -0.15) is 0 Å². The lowest BCUT2D eigenvalue weighted by atomic mass is 9.79. The minimum absolute atomic E-state index is 0.0589. The molecule has 0 aliphatic heterocycles. The molecule has 0 aromatic heterocycles. The van der Waals surface area contributed by atoms with Crippen molar-refractivity contribution in [1.29, 1.82) is 0 Å². The lowest BCUT2D eigenvalue weighted by molar-refractivity contribution is 0.206. The molecule has 0 aromatic rings. The van der Waals surface area contributed by atoms with E-state index >= 15 is 0 Å². The highest BCUT2D eigenvalue weighted by molar-refractivity contribution is 5.74. The van der Waals surface area contributed by atoms with Crippen molar-refractivity contribution in [2.75, 3.05) is 0 Å². The highest BCUT2D eigenvalue weighted by atomic mass is 16.2. The molecule has 0 saturated heterocycles. The Bertz CT molecular complexity index is 261. The molecular weight excluding hydrogens is 212 g/mol. The van der Waals surface area contributed by atoms with Gasteiger partial charge in [0.25, 0.3) is 0 Å². The molecule has 2 fully saturated rings. The smallest absolute Gasteiger partial charge is 0.315 e. The maximum Gasteiger partial charge on any atom is 0.315 e. The summed E-state index contributed by atoms with van der Waals surface area (Å²) in [7, 11) is 0. The zero-order valence-electron chi connectivity index (χ0n) is 11.2. The third-order valence-electron chi connectivity index (χ3n) is 4.62. The van der Waals surface area contributed by atoms with Crippen molar-refractivity contribution in [3.63, 3.8) is 0 Å². The molecule has 3 unspecified atom stereocenters. The summed E-state index contributed by atoms with van der Waals surface area (Å²) in [5, 5.41) is 6.25. The van der Waals surface area contributed by atoms with Crippen molar-refractivity contribution < 1.29 is 4.79 Å². The normalized spacial score (nSPS) is 34.6. The first-order chi connectivity index (χ1) is 8.15. The summed E-state index contributed by atoms with van der Waals surface area (Å²) >= 11 is 0. The van der Waals surface area contributed by atoms with Crippen molar-refractivity contribution >= 4 is 6.03 Å². The topological polar surface area (TPSA) is 41.1 Å². The first-order valence-corrected chi connectivity index (χ1v) is 7.22. The first kappa shape index (κ1) is 12.7. The summed E-state index contributed by atoms with van der Waals surface area (Å²) in [5.74, 6) is 1.55. The molecule has 98 valence electrons. The Labute approximate surface area is 105 Å². The Morgan fingerprint density at radius 1 is 0.882 bits per heavy atom. The van der Waals surface area contributed by atoms with Crippen molar-refractivity contribution in [3.8, 4) is 0 Å². The van der Waals surface area contributed by atoms with Crippen LogP contribution in [-0.4, -0.2) is 18.1 Å². The molecule has 0 aromatic carbocycles. The molecule has 3 nitrogen and oxygen atoms in total. The average molecular weight is 238 g/mol. The number of hydrogen-bond donors (Lipinski definition) is 2. The van der Waals surface area contributed by atoms with Crippen LogP contribution < -0.4 is 10.6 Å². The monoisotopic (exact) mass is 238 g/mol. The van der Waals surface area contributed by atoms with E-state index in [2.05, 4.69) is 24.5 Å². The zero-order valence-corrected chi connectivity index (χ0v) is 11.2. The second-order valence-corrected chi connectivity index (χ2v) is 6.06. The number of nitrogens with one attached hydrogen (secondary N) is 2. The van der Waals surface area contributed by atoms with E-state index in [9.17, 15) is 4.79 Å². The van der Waals surface area contributed by atoms with E-state index in [1.54, 1.807) is 0 Å². The van der Waals surface area contributed by atoms with Crippen LogP contribution in [0.1, 0.15) is 58.8 Å². The van der Waals surface area contributed by atoms with Gasteiger partial charge in [0.15, 0.2) is 0 Å². The van der Waals surface area contributed by atoms with E-state index in [1.165, 1.54) is 19.3 Å². The molecule has 2 rings (SSSR count). The highest BCUT2D eigenvalue weighted by Gasteiger charge is 2.26. The molecule has 2 aliphatic carbocycles. The number of amides is 2. The number of carbonyl (C=O) groups is 1. The lowest BCUT2D eigenvalue weighted by Gasteiger charge is -2.32. The number of hydrogen-bond acceptors (Lipinski definition) is 1. The third kappa shape index (κ3) is 3.62. The molecule has 3 atom stereocenters. The van der Waals surface area contributed by atoms with Gasteiger partial charge in [0.1, 0.15) is 0 Å². The van der Waals surface area contributed by atoms with Gasteiger partial charge >= 0.3 is 6.03 Å². The molecule has 2 amide bonds. The minimum atomic E-state index is 0.0589. The summed E-state index contributed by atoms with van der Waals surface area (Å²) in [6.45, 7) is 4.62. The van der Waals surface area contributed by atoms with E-state index in [0.717, 1.165) is 37.5 Å². The largest absolute Gasteiger partial charge is 0.335 e. The van der Waals surface area contributed by atoms with Gasteiger partial charge in [0.05, 0.1) is 0 Å².